The van der Waals surface area contributed by atoms with Crippen molar-refractivity contribution in [1.82, 2.24) is 19.9 Å². The SMILES string of the molecule is CC1C=C(CO)OC1CNc1ncnc2[nH]cnc12. The minimum absolute atomic E-state index is 0.00823. The Bertz CT molecular complexity index is 609. The van der Waals surface area contributed by atoms with Gasteiger partial charge in [-0.2, -0.15) is 0 Å². The monoisotopic (exact) mass is 261 g/mol. The predicted octanol–water partition coefficient (Wildman–Crippen LogP) is 0.676. The first kappa shape index (κ1) is 11.9. The van der Waals surface area contributed by atoms with Gasteiger partial charge in [0, 0.05) is 5.92 Å². The van der Waals surface area contributed by atoms with E-state index in [1.54, 1.807) is 6.33 Å². The number of aromatic amines is 1. The fourth-order valence-electron chi connectivity index (χ4n) is 2.15. The lowest BCUT2D eigenvalue weighted by Crippen LogP contribution is -2.25. The third kappa shape index (κ3) is 2.24. The number of hydrogen-bond acceptors (Lipinski definition) is 6. The van der Waals surface area contributed by atoms with Gasteiger partial charge in [0.25, 0.3) is 0 Å². The number of hydrogen-bond donors (Lipinski definition) is 3. The molecule has 7 heteroatoms. The van der Waals surface area contributed by atoms with Crippen LogP contribution in [0.3, 0.4) is 0 Å². The van der Waals surface area contributed by atoms with Crippen molar-refractivity contribution in [2.45, 2.75) is 13.0 Å². The molecule has 0 spiro atoms. The summed E-state index contributed by atoms with van der Waals surface area (Å²) in [6, 6.07) is 0. The molecular weight excluding hydrogens is 246 g/mol. The molecule has 0 radical (unpaired) electrons. The van der Waals surface area contributed by atoms with Crippen LogP contribution in [-0.2, 0) is 4.74 Å². The molecule has 2 aromatic heterocycles. The summed E-state index contributed by atoms with van der Waals surface area (Å²) in [6.07, 6.45) is 5.01. The Kier molecular flexibility index (Phi) is 3.04. The van der Waals surface area contributed by atoms with Crippen LogP contribution in [0.2, 0.25) is 0 Å². The normalized spacial score (nSPS) is 22.3. The van der Waals surface area contributed by atoms with Gasteiger partial charge in [0.15, 0.2) is 11.5 Å². The number of nitrogens with one attached hydrogen (secondary N) is 2. The number of aromatic nitrogens is 4. The molecule has 0 saturated carbocycles. The van der Waals surface area contributed by atoms with Gasteiger partial charge in [0.1, 0.15) is 30.3 Å². The molecule has 100 valence electrons. The van der Waals surface area contributed by atoms with Crippen molar-refractivity contribution in [2.24, 2.45) is 5.92 Å². The van der Waals surface area contributed by atoms with Gasteiger partial charge in [-0.1, -0.05) is 6.92 Å². The summed E-state index contributed by atoms with van der Waals surface area (Å²) in [5.74, 6) is 1.57. The number of rotatable bonds is 4. The van der Waals surface area contributed by atoms with E-state index in [4.69, 9.17) is 9.84 Å². The van der Waals surface area contributed by atoms with Crippen molar-refractivity contribution in [3.63, 3.8) is 0 Å². The third-order valence-corrected chi connectivity index (χ3v) is 3.18. The summed E-state index contributed by atoms with van der Waals surface area (Å²) in [6.45, 7) is 2.59. The number of anilines is 1. The molecule has 19 heavy (non-hydrogen) atoms. The first-order valence-electron chi connectivity index (χ1n) is 6.14. The molecule has 3 rings (SSSR count). The molecule has 2 aromatic rings. The second kappa shape index (κ2) is 4.85. The van der Waals surface area contributed by atoms with E-state index in [1.165, 1.54) is 6.33 Å². The maximum atomic E-state index is 9.05. The minimum atomic E-state index is -0.0576. The van der Waals surface area contributed by atoms with E-state index in [9.17, 15) is 0 Å². The first-order chi connectivity index (χ1) is 9.28. The van der Waals surface area contributed by atoms with Gasteiger partial charge >= 0.3 is 0 Å². The van der Waals surface area contributed by atoms with Crippen LogP contribution in [0.15, 0.2) is 24.5 Å². The van der Waals surface area contributed by atoms with Gasteiger partial charge < -0.3 is 20.1 Å². The molecule has 0 saturated heterocycles. The highest BCUT2D eigenvalue weighted by Crippen LogP contribution is 2.23. The van der Waals surface area contributed by atoms with Crippen LogP contribution in [0.5, 0.6) is 0 Å². The van der Waals surface area contributed by atoms with Crippen LogP contribution in [-0.4, -0.2) is 44.3 Å². The molecule has 0 aromatic carbocycles. The van der Waals surface area contributed by atoms with E-state index in [-0.39, 0.29) is 18.6 Å². The predicted molar refractivity (Wildman–Crippen MR) is 69.4 cm³/mol. The molecule has 0 amide bonds. The molecule has 1 aliphatic rings. The Morgan fingerprint density at radius 3 is 3.11 bits per heavy atom. The summed E-state index contributed by atoms with van der Waals surface area (Å²) < 4.78 is 5.62. The van der Waals surface area contributed by atoms with Gasteiger partial charge in [-0.25, -0.2) is 15.0 Å². The van der Waals surface area contributed by atoms with E-state index < -0.39 is 0 Å². The molecule has 0 aliphatic carbocycles. The first-order valence-corrected chi connectivity index (χ1v) is 6.14. The summed E-state index contributed by atoms with van der Waals surface area (Å²) in [7, 11) is 0. The van der Waals surface area contributed by atoms with Crippen LogP contribution < -0.4 is 5.32 Å². The maximum Gasteiger partial charge on any atom is 0.162 e. The van der Waals surface area contributed by atoms with E-state index in [0.717, 1.165) is 0 Å². The van der Waals surface area contributed by atoms with E-state index in [0.29, 0.717) is 29.3 Å². The smallest absolute Gasteiger partial charge is 0.162 e. The van der Waals surface area contributed by atoms with Gasteiger partial charge in [-0.15, -0.1) is 0 Å². The summed E-state index contributed by atoms with van der Waals surface area (Å²) in [5, 5.41) is 12.3. The summed E-state index contributed by atoms with van der Waals surface area (Å²) in [4.78, 5) is 15.4. The fraction of sp³-hybridized carbons (Fsp3) is 0.417. The van der Waals surface area contributed by atoms with Crippen LogP contribution in [0, 0.1) is 5.92 Å². The lowest BCUT2D eigenvalue weighted by Gasteiger charge is -2.17. The van der Waals surface area contributed by atoms with Crippen LogP contribution in [0.25, 0.3) is 11.2 Å². The van der Waals surface area contributed by atoms with E-state index >= 15 is 0 Å². The summed E-state index contributed by atoms with van der Waals surface area (Å²) in [5.41, 5.74) is 1.41. The van der Waals surface area contributed by atoms with Gasteiger partial charge in [0.05, 0.1) is 12.9 Å². The number of aliphatic hydroxyl groups is 1. The minimum Gasteiger partial charge on any atom is -0.490 e. The number of aliphatic hydroxyl groups excluding tert-OH is 1. The van der Waals surface area contributed by atoms with Crippen molar-refractivity contribution in [1.29, 1.82) is 0 Å². The third-order valence-electron chi connectivity index (χ3n) is 3.18. The summed E-state index contributed by atoms with van der Waals surface area (Å²) >= 11 is 0. The highest BCUT2D eigenvalue weighted by molar-refractivity contribution is 5.81. The Labute approximate surface area is 109 Å². The molecular formula is C12H15N5O2. The largest absolute Gasteiger partial charge is 0.490 e. The van der Waals surface area contributed by atoms with Crippen molar-refractivity contribution in [3.8, 4) is 0 Å². The number of nitrogens with zero attached hydrogens (tertiary/aromatic N) is 3. The Morgan fingerprint density at radius 2 is 2.32 bits per heavy atom. The number of fused-ring (bicyclic) bond motifs is 1. The highest BCUT2D eigenvalue weighted by atomic mass is 16.5. The topological polar surface area (TPSA) is 96.0 Å². The molecule has 3 heterocycles. The standard InChI is InChI=1S/C12H15N5O2/c1-7-2-8(4-18)19-9(7)3-13-11-10-12(15-5-14-10)17-6-16-11/h2,5-7,9,18H,3-4H2,1H3,(H2,13,14,15,16,17). The molecule has 1 aliphatic heterocycles. The number of imidazole rings is 1. The fourth-order valence-corrected chi connectivity index (χ4v) is 2.15. The van der Waals surface area contributed by atoms with Gasteiger partial charge in [-0.3, -0.25) is 0 Å². The van der Waals surface area contributed by atoms with Gasteiger partial charge in [0.2, 0.25) is 0 Å². The second-order valence-electron chi connectivity index (χ2n) is 4.51. The molecule has 0 fully saturated rings. The maximum absolute atomic E-state index is 9.05. The van der Waals surface area contributed by atoms with Crippen molar-refractivity contribution >= 4 is 17.0 Å². The Balaban J connectivity index is 1.69. The van der Waals surface area contributed by atoms with Crippen LogP contribution in [0.4, 0.5) is 5.82 Å². The number of H-pyrrole nitrogens is 1. The van der Waals surface area contributed by atoms with E-state index in [2.05, 4.69) is 32.2 Å². The van der Waals surface area contributed by atoms with E-state index in [1.807, 2.05) is 6.08 Å². The van der Waals surface area contributed by atoms with Gasteiger partial charge in [-0.05, 0) is 6.08 Å². The molecule has 7 nitrogen and oxygen atoms in total. The lowest BCUT2D eigenvalue weighted by molar-refractivity contribution is 0.103. The molecule has 2 unspecified atom stereocenters. The van der Waals surface area contributed by atoms with Crippen LogP contribution >= 0.6 is 0 Å². The Hall–Kier alpha value is -2.15. The van der Waals surface area contributed by atoms with Crippen LogP contribution in [0.1, 0.15) is 6.92 Å². The molecule has 2 atom stereocenters. The van der Waals surface area contributed by atoms with Crippen molar-refractivity contribution in [3.05, 3.63) is 24.5 Å². The van der Waals surface area contributed by atoms with Crippen molar-refractivity contribution in [2.75, 3.05) is 18.5 Å². The quantitative estimate of drug-likeness (QED) is 0.749. The highest BCUT2D eigenvalue weighted by Gasteiger charge is 2.25. The lowest BCUT2D eigenvalue weighted by atomic mass is 10.1. The second-order valence-corrected chi connectivity index (χ2v) is 4.51. The zero-order chi connectivity index (χ0) is 13.2. The zero-order valence-corrected chi connectivity index (χ0v) is 10.5. The zero-order valence-electron chi connectivity index (χ0n) is 10.5. The number of ether oxygens (including phenoxy) is 1. The average Bonchev–Trinajstić information content (AvgIpc) is 3.02. The Morgan fingerprint density at radius 1 is 1.42 bits per heavy atom. The molecule has 3 N–H and O–H groups in total. The molecule has 0 bridgehead atoms. The van der Waals surface area contributed by atoms with Crippen molar-refractivity contribution < 1.29 is 9.84 Å². The average molecular weight is 261 g/mol.